The molecule has 0 heterocycles. The maximum atomic E-state index is 10.7. The average Bonchev–Trinajstić information content (AvgIpc) is 2.93. The van der Waals surface area contributed by atoms with Crippen molar-refractivity contribution in [2.45, 2.75) is 193 Å². The van der Waals surface area contributed by atoms with E-state index in [4.69, 9.17) is 11.5 Å². The standard InChI is InChI=1S/C36H68N2O2/c37-35(39)33-31-29-27-25-23-21-19-17-15-13-11-9-7-5-3-1-2-4-6-8-10-12-14-16-18-20-22-24-26-28-30-32-34-36(38)40/h17-20H,1-16,21-34H2,(H2,37,39)(H2,38,40)/b19-17-,20-18-. The fourth-order valence-corrected chi connectivity index (χ4v) is 5.30. The van der Waals surface area contributed by atoms with Crippen molar-refractivity contribution in [2.75, 3.05) is 0 Å². The van der Waals surface area contributed by atoms with Crippen LogP contribution in [0.5, 0.6) is 0 Å². The Kier molecular flexibility index (Phi) is 32.3. The lowest BCUT2D eigenvalue weighted by Gasteiger charge is -2.03. The largest absolute Gasteiger partial charge is 0.370 e. The number of carbonyl (C=O) groups excluding carboxylic acids is 2. The highest BCUT2D eigenvalue weighted by molar-refractivity contribution is 5.73. The molecule has 0 bridgehead atoms. The molecular formula is C36H68N2O2. The van der Waals surface area contributed by atoms with Gasteiger partial charge in [0.05, 0.1) is 0 Å². The molecule has 0 atom stereocenters. The zero-order valence-corrected chi connectivity index (χ0v) is 26.5. The molecule has 2 amide bonds. The fraction of sp³-hybridized carbons (Fsp3) is 0.833. The number of rotatable bonds is 33. The summed E-state index contributed by atoms with van der Waals surface area (Å²) in [5.41, 5.74) is 10.3. The van der Waals surface area contributed by atoms with Crippen LogP contribution >= 0.6 is 0 Å². The molecule has 0 aromatic rings. The van der Waals surface area contributed by atoms with E-state index in [2.05, 4.69) is 24.3 Å². The van der Waals surface area contributed by atoms with Crippen molar-refractivity contribution in [1.82, 2.24) is 0 Å². The van der Waals surface area contributed by atoms with Gasteiger partial charge in [0.2, 0.25) is 11.8 Å². The van der Waals surface area contributed by atoms with Gasteiger partial charge in [0.15, 0.2) is 0 Å². The molecule has 0 aromatic carbocycles. The molecule has 0 aromatic heterocycles. The molecule has 4 nitrogen and oxygen atoms in total. The second-order valence-corrected chi connectivity index (χ2v) is 12.0. The van der Waals surface area contributed by atoms with E-state index in [-0.39, 0.29) is 11.8 Å². The van der Waals surface area contributed by atoms with Crippen LogP contribution in [0.4, 0.5) is 0 Å². The summed E-state index contributed by atoms with van der Waals surface area (Å²) in [4.78, 5) is 21.4. The van der Waals surface area contributed by atoms with E-state index in [1.54, 1.807) is 0 Å². The van der Waals surface area contributed by atoms with Gasteiger partial charge in [-0.2, -0.15) is 0 Å². The van der Waals surface area contributed by atoms with Crippen LogP contribution in [0, 0.1) is 0 Å². The van der Waals surface area contributed by atoms with Crippen molar-refractivity contribution in [1.29, 1.82) is 0 Å². The van der Waals surface area contributed by atoms with Crippen LogP contribution in [-0.4, -0.2) is 11.8 Å². The predicted molar refractivity (Wildman–Crippen MR) is 175 cm³/mol. The molecule has 0 spiro atoms. The predicted octanol–water partition coefficient (Wildman–Crippen LogP) is 10.8. The third kappa shape index (κ3) is 36.4. The van der Waals surface area contributed by atoms with E-state index < -0.39 is 0 Å². The normalized spacial score (nSPS) is 11.7. The van der Waals surface area contributed by atoms with Gasteiger partial charge in [-0.3, -0.25) is 9.59 Å². The number of nitrogens with two attached hydrogens (primary N) is 2. The first kappa shape index (κ1) is 38.4. The Morgan fingerprint density at radius 2 is 0.475 bits per heavy atom. The second kappa shape index (κ2) is 33.6. The molecule has 4 N–H and O–H groups in total. The maximum absolute atomic E-state index is 10.7. The average molecular weight is 561 g/mol. The molecule has 0 saturated carbocycles. The minimum absolute atomic E-state index is 0.165. The minimum Gasteiger partial charge on any atom is -0.370 e. The SMILES string of the molecule is NC(=O)CCCCCCC/C=C\CCCCCCCCCCCCCCCC/C=C\CCCCCCCC(N)=O. The smallest absolute Gasteiger partial charge is 0.217 e. The third-order valence-electron chi connectivity index (χ3n) is 7.91. The van der Waals surface area contributed by atoms with Crippen LogP contribution in [0.2, 0.25) is 0 Å². The number of carbonyl (C=O) groups is 2. The molecule has 0 fully saturated rings. The Morgan fingerprint density at radius 1 is 0.300 bits per heavy atom. The second-order valence-electron chi connectivity index (χ2n) is 12.0. The van der Waals surface area contributed by atoms with E-state index >= 15 is 0 Å². The van der Waals surface area contributed by atoms with E-state index in [0.29, 0.717) is 12.8 Å². The van der Waals surface area contributed by atoms with Gasteiger partial charge in [0.1, 0.15) is 0 Å². The Labute approximate surface area is 249 Å². The lowest BCUT2D eigenvalue weighted by atomic mass is 10.0. The molecule has 0 radical (unpaired) electrons. The van der Waals surface area contributed by atoms with Gasteiger partial charge in [-0.1, -0.05) is 140 Å². The van der Waals surface area contributed by atoms with Crippen LogP contribution in [0.1, 0.15) is 193 Å². The Balaban J connectivity index is 3.13. The van der Waals surface area contributed by atoms with Gasteiger partial charge < -0.3 is 11.5 Å². The lowest BCUT2D eigenvalue weighted by molar-refractivity contribution is -0.119. The van der Waals surface area contributed by atoms with Gasteiger partial charge in [-0.15, -0.1) is 0 Å². The third-order valence-corrected chi connectivity index (χ3v) is 7.91. The van der Waals surface area contributed by atoms with Crippen molar-refractivity contribution in [2.24, 2.45) is 11.5 Å². The minimum atomic E-state index is -0.165. The number of hydrogen-bond donors (Lipinski definition) is 2. The topological polar surface area (TPSA) is 86.2 Å². The molecule has 0 saturated heterocycles. The van der Waals surface area contributed by atoms with E-state index in [1.165, 1.54) is 154 Å². The van der Waals surface area contributed by atoms with Gasteiger partial charge in [-0.05, 0) is 64.2 Å². The van der Waals surface area contributed by atoms with Crippen LogP contribution in [0.25, 0.3) is 0 Å². The number of amides is 2. The molecule has 40 heavy (non-hydrogen) atoms. The van der Waals surface area contributed by atoms with Crippen LogP contribution < -0.4 is 11.5 Å². The van der Waals surface area contributed by atoms with Gasteiger partial charge in [0, 0.05) is 12.8 Å². The van der Waals surface area contributed by atoms with E-state index in [0.717, 1.165) is 25.7 Å². The number of primary amides is 2. The summed E-state index contributed by atoms with van der Waals surface area (Å²) in [7, 11) is 0. The number of hydrogen-bond acceptors (Lipinski definition) is 2. The molecule has 0 aliphatic carbocycles. The molecule has 0 rings (SSSR count). The monoisotopic (exact) mass is 561 g/mol. The summed E-state index contributed by atoms with van der Waals surface area (Å²) in [6.45, 7) is 0. The first-order chi connectivity index (χ1) is 19.6. The molecule has 0 aliphatic heterocycles. The zero-order valence-electron chi connectivity index (χ0n) is 26.5. The summed E-state index contributed by atoms with van der Waals surface area (Å²) < 4.78 is 0. The Hall–Kier alpha value is -1.58. The van der Waals surface area contributed by atoms with E-state index in [9.17, 15) is 9.59 Å². The number of unbranched alkanes of at least 4 members (excludes halogenated alkanes) is 25. The number of allylic oxidation sites excluding steroid dienone is 4. The van der Waals surface area contributed by atoms with Crippen LogP contribution in [0.3, 0.4) is 0 Å². The van der Waals surface area contributed by atoms with Crippen LogP contribution in [0.15, 0.2) is 24.3 Å². The molecule has 0 aliphatic rings. The maximum Gasteiger partial charge on any atom is 0.217 e. The van der Waals surface area contributed by atoms with Crippen molar-refractivity contribution < 1.29 is 9.59 Å². The highest BCUT2D eigenvalue weighted by atomic mass is 16.1. The van der Waals surface area contributed by atoms with Crippen molar-refractivity contribution >= 4 is 11.8 Å². The summed E-state index contributed by atoms with van der Waals surface area (Å²) in [5, 5.41) is 0. The summed E-state index contributed by atoms with van der Waals surface area (Å²) >= 11 is 0. The summed E-state index contributed by atoms with van der Waals surface area (Å²) in [5.74, 6) is -0.331. The molecule has 4 heteroatoms. The molecule has 0 unspecified atom stereocenters. The fourth-order valence-electron chi connectivity index (χ4n) is 5.30. The van der Waals surface area contributed by atoms with E-state index in [1.807, 2.05) is 0 Å². The van der Waals surface area contributed by atoms with Crippen molar-refractivity contribution in [3.63, 3.8) is 0 Å². The van der Waals surface area contributed by atoms with Crippen molar-refractivity contribution in [3.05, 3.63) is 24.3 Å². The van der Waals surface area contributed by atoms with Gasteiger partial charge in [-0.25, -0.2) is 0 Å². The molecular weight excluding hydrogens is 492 g/mol. The highest BCUT2D eigenvalue weighted by Crippen LogP contribution is 2.15. The summed E-state index contributed by atoms with van der Waals surface area (Å²) in [6, 6.07) is 0. The van der Waals surface area contributed by atoms with Gasteiger partial charge >= 0.3 is 0 Å². The highest BCUT2D eigenvalue weighted by Gasteiger charge is 1.97. The Bertz CT molecular complexity index is 548. The van der Waals surface area contributed by atoms with Crippen molar-refractivity contribution in [3.8, 4) is 0 Å². The van der Waals surface area contributed by atoms with Crippen LogP contribution in [-0.2, 0) is 9.59 Å². The quantitative estimate of drug-likeness (QED) is 0.0617. The lowest BCUT2D eigenvalue weighted by Crippen LogP contribution is -2.09. The zero-order chi connectivity index (χ0) is 29.2. The first-order valence-corrected chi connectivity index (χ1v) is 17.5. The summed E-state index contributed by atoms with van der Waals surface area (Å²) in [6.07, 6.45) is 47.0. The first-order valence-electron chi connectivity index (χ1n) is 17.5. The molecule has 234 valence electrons. The Morgan fingerprint density at radius 3 is 0.675 bits per heavy atom. The van der Waals surface area contributed by atoms with Gasteiger partial charge in [0.25, 0.3) is 0 Å².